The summed E-state index contributed by atoms with van der Waals surface area (Å²) in [6.07, 6.45) is 3.79. The number of hydrogen-bond donors (Lipinski definition) is 0. The molecule has 3 aromatic carbocycles. The van der Waals surface area contributed by atoms with Crippen LogP contribution in [-0.4, -0.2) is 16.3 Å². The minimum Gasteiger partial charge on any atom is -0.452 e. The Morgan fingerprint density at radius 1 is 1.06 bits per heavy atom. The Morgan fingerprint density at radius 2 is 1.86 bits per heavy atom. The van der Waals surface area contributed by atoms with Gasteiger partial charge in [0, 0.05) is 40.2 Å². The average Bonchev–Trinajstić information content (AvgIpc) is 3.56. The van der Waals surface area contributed by atoms with Crippen LogP contribution in [0.25, 0.3) is 27.9 Å². The summed E-state index contributed by atoms with van der Waals surface area (Å²) in [5.41, 5.74) is 3.63. The number of aryl methyl sites for hydroxylation is 1. The van der Waals surface area contributed by atoms with Gasteiger partial charge in [-0.1, -0.05) is 36.4 Å². The van der Waals surface area contributed by atoms with Crippen LogP contribution in [0.1, 0.15) is 39.0 Å². The highest BCUT2D eigenvalue weighted by Gasteiger charge is 2.31. The molecule has 5 aromatic rings. The van der Waals surface area contributed by atoms with Gasteiger partial charge in [0.25, 0.3) is 0 Å². The van der Waals surface area contributed by atoms with Crippen LogP contribution in [-0.2, 0) is 6.54 Å². The molecule has 1 aliphatic rings. The molecule has 2 aromatic heterocycles. The number of carbonyl (C=O) groups excluding carboxylic acids is 2. The summed E-state index contributed by atoms with van der Waals surface area (Å²) in [6, 6.07) is 20.3. The predicted molar refractivity (Wildman–Crippen MR) is 133 cm³/mol. The highest BCUT2D eigenvalue weighted by atomic mass is 16.5. The van der Waals surface area contributed by atoms with E-state index < -0.39 is 5.97 Å². The van der Waals surface area contributed by atoms with Crippen LogP contribution in [0.15, 0.2) is 83.1 Å². The van der Waals surface area contributed by atoms with Crippen LogP contribution < -0.4 is 9.47 Å². The van der Waals surface area contributed by atoms with E-state index in [1.165, 1.54) is 0 Å². The number of rotatable bonds is 4. The molecule has 0 saturated heterocycles. The van der Waals surface area contributed by atoms with E-state index in [0.717, 1.165) is 28.4 Å². The van der Waals surface area contributed by atoms with Crippen LogP contribution >= 0.6 is 0 Å². The predicted octanol–water partition coefficient (Wildman–Crippen LogP) is 6.55. The Hall–Kier alpha value is -4.58. The highest BCUT2D eigenvalue weighted by Crippen LogP contribution is 2.40. The number of nitrogens with zero attached hydrogens (tertiary/aromatic N) is 1. The van der Waals surface area contributed by atoms with Crippen molar-refractivity contribution >= 4 is 39.7 Å². The van der Waals surface area contributed by atoms with Crippen LogP contribution in [0.4, 0.5) is 0 Å². The summed E-state index contributed by atoms with van der Waals surface area (Å²) in [6.45, 7) is 4.66. The Kier molecular flexibility index (Phi) is 4.81. The number of benzene rings is 3. The Morgan fingerprint density at radius 3 is 2.69 bits per heavy atom. The zero-order valence-corrected chi connectivity index (χ0v) is 19.2. The van der Waals surface area contributed by atoms with Crippen molar-refractivity contribution in [2.24, 2.45) is 0 Å². The third-order valence-electron chi connectivity index (χ3n) is 6.31. The molecule has 6 rings (SSSR count). The number of para-hydroxylation sites is 2. The Bertz CT molecular complexity index is 1650. The fourth-order valence-corrected chi connectivity index (χ4v) is 4.50. The molecule has 0 atom stereocenters. The fraction of sp³-hybridized carbons (Fsp3) is 0.103. The maximum atomic E-state index is 13.1. The third kappa shape index (κ3) is 3.42. The second kappa shape index (κ2) is 8.02. The second-order valence-electron chi connectivity index (χ2n) is 8.43. The zero-order valence-electron chi connectivity index (χ0n) is 19.2. The lowest BCUT2D eigenvalue weighted by Crippen LogP contribution is -2.08. The van der Waals surface area contributed by atoms with Gasteiger partial charge in [0.05, 0.1) is 5.56 Å². The minimum atomic E-state index is -0.614. The van der Waals surface area contributed by atoms with Crippen LogP contribution in [0.5, 0.6) is 11.5 Å². The van der Waals surface area contributed by atoms with Gasteiger partial charge in [-0.2, -0.15) is 0 Å². The van der Waals surface area contributed by atoms with Crippen molar-refractivity contribution in [1.82, 2.24) is 4.57 Å². The van der Waals surface area contributed by atoms with Gasteiger partial charge < -0.3 is 18.5 Å². The van der Waals surface area contributed by atoms with Crippen molar-refractivity contribution in [3.05, 3.63) is 101 Å². The number of esters is 1. The van der Waals surface area contributed by atoms with E-state index >= 15 is 0 Å². The van der Waals surface area contributed by atoms with Crippen LogP contribution in [0, 0.1) is 6.92 Å². The quantitative estimate of drug-likeness (QED) is 0.172. The van der Waals surface area contributed by atoms with Gasteiger partial charge >= 0.3 is 5.97 Å². The molecule has 0 aliphatic carbocycles. The van der Waals surface area contributed by atoms with Crippen molar-refractivity contribution in [3.8, 4) is 11.5 Å². The first-order chi connectivity index (χ1) is 17.0. The average molecular weight is 463 g/mol. The van der Waals surface area contributed by atoms with Gasteiger partial charge in [0.1, 0.15) is 17.1 Å². The SMILES string of the molecule is CCn1cc(/C=C2\Oc3c(ccc(OC(=O)c4cc5ccccc5o4)c3C)C2=O)c2ccccc21. The molecule has 0 unspecified atom stereocenters. The molecule has 0 radical (unpaired) electrons. The normalized spacial score (nSPS) is 14.0. The van der Waals surface area contributed by atoms with Gasteiger partial charge in [-0.25, -0.2) is 4.79 Å². The van der Waals surface area contributed by atoms with Crippen molar-refractivity contribution in [3.63, 3.8) is 0 Å². The first-order valence-electron chi connectivity index (χ1n) is 11.4. The molecule has 3 heterocycles. The molecule has 6 nitrogen and oxygen atoms in total. The van der Waals surface area contributed by atoms with Crippen molar-refractivity contribution in [2.75, 3.05) is 0 Å². The number of hydrogen-bond acceptors (Lipinski definition) is 5. The molecule has 1 aliphatic heterocycles. The van der Waals surface area contributed by atoms with Gasteiger partial charge in [-0.15, -0.1) is 0 Å². The lowest BCUT2D eigenvalue weighted by molar-refractivity contribution is 0.0702. The number of ether oxygens (including phenoxy) is 2. The first-order valence-corrected chi connectivity index (χ1v) is 11.4. The molecular formula is C29H21NO5. The molecule has 0 N–H and O–H groups in total. The summed E-state index contributed by atoms with van der Waals surface area (Å²) in [5, 5.41) is 1.87. The molecule has 0 amide bonds. The van der Waals surface area contributed by atoms with Crippen molar-refractivity contribution < 1.29 is 23.5 Å². The number of Topliss-reactive ketones (excluding diaryl/α,β-unsaturated/α-hetero) is 1. The van der Waals surface area contributed by atoms with Crippen LogP contribution in [0.2, 0.25) is 0 Å². The summed E-state index contributed by atoms with van der Waals surface area (Å²) >= 11 is 0. The maximum Gasteiger partial charge on any atom is 0.379 e. The molecule has 0 bridgehead atoms. The van der Waals surface area contributed by atoms with Gasteiger partial charge in [-0.05, 0) is 50.3 Å². The first kappa shape index (κ1) is 21.0. The minimum absolute atomic E-state index is 0.107. The van der Waals surface area contributed by atoms with E-state index in [-0.39, 0.29) is 17.3 Å². The molecule has 6 heteroatoms. The number of aromatic nitrogens is 1. The topological polar surface area (TPSA) is 70.7 Å². The van der Waals surface area contributed by atoms with Crippen LogP contribution in [0.3, 0.4) is 0 Å². The summed E-state index contributed by atoms with van der Waals surface area (Å²) in [5.74, 6) is 0.239. The molecule has 0 fully saturated rings. The van der Waals surface area contributed by atoms with E-state index in [9.17, 15) is 9.59 Å². The van der Waals surface area contributed by atoms with Gasteiger partial charge in [-0.3, -0.25) is 4.79 Å². The number of carbonyl (C=O) groups is 2. The maximum absolute atomic E-state index is 13.1. The fourth-order valence-electron chi connectivity index (χ4n) is 4.50. The number of furan rings is 1. The summed E-state index contributed by atoms with van der Waals surface area (Å²) in [4.78, 5) is 25.8. The van der Waals surface area contributed by atoms with Gasteiger partial charge in [0.2, 0.25) is 11.5 Å². The smallest absolute Gasteiger partial charge is 0.379 e. The monoisotopic (exact) mass is 463 g/mol. The lowest BCUT2D eigenvalue weighted by Gasteiger charge is -2.09. The highest BCUT2D eigenvalue weighted by molar-refractivity contribution is 6.15. The van der Waals surface area contributed by atoms with Crippen molar-refractivity contribution in [1.29, 1.82) is 0 Å². The molecule has 0 spiro atoms. The Balaban J connectivity index is 1.31. The number of ketones is 1. The summed E-state index contributed by atoms with van der Waals surface area (Å²) in [7, 11) is 0. The zero-order chi connectivity index (χ0) is 24.1. The molecule has 172 valence electrons. The molecule has 35 heavy (non-hydrogen) atoms. The van der Waals surface area contributed by atoms with E-state index in [1.807, 2.05) is 42.6 Å². The van der Waals surface area contributed by atoms with E-state index in [1.54, 1.807) is 37.3 Å². The van der Waals surface area contributed by atoms with E-state index in [2.05, 4.69) is 17.6 Å². The third-order valence-corrected chi connectivity index (χ3v) is 6.31. The standard InChI is InChI=1S/C29H21NO5/c1-3-30-16-19(20-9-5-6-10-22(20)30)15-25-27(31)21-12-13-23(17(2)28(21)34-25)35-29(32)26-14-18-8-4-7-11-24(18)33-26/h4-16H,3H2,1-2H3/b25-15-. The Labute approximate surface area is 201 Å². The number of fused-ring (bicyclic) bond motifs is 3. The number of allylic oxidation sites excluding steroid dienone is 1. The van der Waals surface area contributed by atoms with E-state index in [4.69, 9.17) is 13.9 Å². The largest absolute Gasteiger partial charge is 0.452 e. The lowest BCUT2D eigenvalue weighted by atomic mass is 10.1. The van der Waals surface area contributed by atoms with Crippen molar-refractivity contribution in [2.45, 2.75) is 20.4 Å². The van der Waals surface area contributed by atoms with Gasteiger partial charge in [0.15, 0.2) is 5.76 Å². The summed E-state index contributed by atoms with van der Waals surface area (Å²) < 4.78 is 19.4. The molecular weight excluding hydrogens is 442 g/mol. The van der Waals surface area contributed by atoms with E-state index in [0.29, 0.717) is 28.2 Å². The second-order valence-corrected chi connectivity index (χ2v) is 8.43. The molecule has 0 saturated carbocycles.